The summed E-state index contributed by atoms with van der Waals surface area (Å²) in [6.07, 6.45) is 0. The zero-order chi connectivity index (χ0) is 20.4. The molecule has 2 aromatic carbocycles. The highest BCUT2D eigenvalue weighted by Crippen LogP contribution is 2.22. The van der Waals surface area contributed by atoms with Gasteiger partial charge < -0.3 is 10.2 Å². The van der Waals surface area contributed by atoms with Gasteiger partial charge in [-0.2, -0.15) is 5.10 Å². The number of H-pyrrole nitrogens is 1. The molecule has 0 aliphatic heterocycles. The zero-order valence-corrected chi connectivity index (χ0v) is 16.3. The molecule has 7 heteroatoms. The van der Waals surface area contributed by atoms with Crippen LogP contribution in [0.2, 0.25) is 0 Å². The summed E-state index contributed by atoms with van der Waals surface area (Å²) in [4.78, 5) is 38.4. The Labute approximate surface area is 162 Å². The zero-order valence-electron chi connectivity index (χ0n) is 16.3. The quantitative estimate of drug-likeness (QED) is 0.729. The molecular weight excluding hydrogens is 356 g/mol. The number of likely N-dealkylation sites (N-methyl/N-ethyl adjacent to an activating group) is 1. The van der Waals surface area contributed by atoms with Crippen LogP contribution in [-0.4, -0.2) is 40.5 Å². The molecule has 0 atom stereocenters. The molecule has 0 fully saturated rings. The van der Waals surface area contributed by atoms with Gasteiger partial charge in [-0.05, 0) is 38.0 Å². The second kappa shape index (κ2) is 7.64. The molecule has 2 N–H and O–H groups in total. The number of nitrogens with one attached hydrogen (secondary N) is 2. The molecule has 0 unspecified atom stereocenters. The standard InChI is InChI=1S/C21H22N4O3/c1-12-9-13(2)18(14(3)10-12)22-17(26)11-25(4)21(28)19-15-7-5-6-8-16(15)20(27)24-23-19/h5-10H,11H2,1-4H3,(H,22,26)(H,24,27). The first kappa shape index (κ1) is 19.3. The Balaban J connectivity index is 1.79. The molecule has 2 amide bonds. The lowest BCUT2D eigenvalue weighted by molar-refractivity contribution is -0.116. The van der Waals surface area contributed by atoms with Gasteiger partial charge in [0.1, 0.15) is 0 Å². The van der Waals surface area contributed by atoms with Gasteiger partial charge in [0.25, 0.3) is 11.5 Å². The molecule has 0 aliphatic carbocycles. The highest BCUT2D eigenvalue weighted by atomic mass is 16.2. The van der Waals surface area contributed by atoms with E-state index in [1.165, 1.54) is 11.9 Å². The molecule has 1 aromatic heterocycles. The summed E-state index contributed by atoms with van der Waals surface area (Å²) >= 11 is 0. The van der Waals surface area contributed by atoms with E-state index < -0.39 is 5.91 Å². The van der Waals surface area contributed by atoms with Crippen molar-refractivity contribution in [2.75, 3.05) is 18.9 Å². The van der Waals surface area contributed by atoms with Crippen molar-refractivity contribution in [3.8, 4) is 0 Å². The van der Waals surface area contributed by atoms with Crippen LogP contribution in [-0.2, 0) is 4.79 Å². The van der Waals surface area contributed by atoms with Crippen LogP contribution in [0, 0.1) is 20.8 Å². The van der Waals surface area contributed by atoms with Crippen molar-refractivity contribution in [2.24, 2.45) is 0 Å². The number of nitrogens with zero attached hydrogens (tertiary/aromatic N) is 2. The van der Waals surface area contributed by atoms with Gasteiger partial charge in [-0.3, -0.25) is 14.4 Å². The molecule has 0 bridgehead atoms. The third-order valence-electron chi connectivity index (χ3n) is 4.57. The Bertz CT molecular complexity index is 1110. The third-order valence-corrected chi connectivity index (χ3v) is 4.57. The Kier molecular flexibility index (Phi) is 5.26. The summed E-state index contributed by atoms with van der Waals surface area (Å²) in [6, 6.07) is 10.7. The van der Waals surface area contributed by atoms with E-state index in [1.54, 1.807) is 24.3 Å². The van der Waals surface area contributed by atoms with Crippen LogP contribution in [0.5, 0.6) is 0 Å². The summed E-state index contributed by atoms with van der Waals surface area (Å²) in [5.41, 5.74) is 3.55. The van der Waals surface area contributed by atoms with Gasteiger partial charge in [0.2, 0.25) is 5.91 Å². The molecule has 0 spiro atoms. The Morgan fingerprint density at radius 2 is 1.68 bits per heavy atom. The maximum atomic E-state index is 12.8. The second-order valence-corrected chi connectivity index (χ2v) is 6.93. The van der Waals surface area contributed by atoms with Gasteiger partial charge in [-0.25, -0.2) is 5.10 Å². The van der Waals surface area contributed by atoms with Crippen LogP contribution >= 0.6 is 0 Å². The van der Waals surface area contributed by atoms with Crippen LogP contribution in [0.15, 0.2) is 41.2 Å². The molecular formula is C21H22N4O3. The van der Waals surface area contributed by atoms with Gasteiger partial charge >= 0.3 is 0 Å². The van der Waals surface area contributed by atoms with Crippen LogP contribution in [0.1, 0.15) is 27.2 Å². The van der Waals surface area contributed by atoms with E-state index in [9.17, 15) is 14.4 Å². The molecule has 3 rings (SSSR count). The van der Waals surface area contributed by atoms with Crippen molar-refractivity contribution in [2.45, 2.75) is 20.8 Å². The number of carbonyl (C=O) groups excluding carboxylic acids is 2. The molecule has 144 valence electrons. The minimum atomic E-state index is -0.444. The summed E-state index contributed by atoms with van der Waals surface area (Å²) in [7, 11) is 1.53. The average molecular weight is 378 g/mol. The lowest BCUT2D eigenvalue weighted by Gasteiger charge is -2.18. The van der Waals surface area contributed by atoms with E-state index >= 15 is 0 Å². The Hall–Kier alpha value is -3.48. The topological polar surface area (TPSA) is 95.2 Å². The fourth-order valence-electron chi connectivity index (χ4n) is 3.30. The number of carbonyl (C=O) groups is 2. The first-order chi connectivity index (χ1) is 13.3. The Morgan fingerprint density at radius 3 is 2.32 bits per heavy atom. The van der Waals surface area contributed by atoms with Gasteiger partial charge in [-0.1, -0.05) is 35.9 Å². The number of fused-ring (bicyclic) bond motifs is 1. The number of aryl methyl sites for hydroxylation is 3. The van der Waals surface area contributed by atoms with Crippen molar-refractivity contribution in [3.63, 3.8) is 0 Å². The van der Waals surface area contributed by atoms with Crippen LogP contribution in [0.3, 0.4) is 0 Å². The summed E-state index contributed by atoms with van der Waals surface area (Å²) in [5, 5.41) is 9.94. The van der Waals surface area contributed by atoms with Gasteiger partial charge in [-0.15, -0.1) is 0 Å². The maximum Gasteiger partial charge on any atom is 0.275 e. The van der Waals surface area contributed by atoms with Crippen LogP contribution < -0.4 is 10.9 Å². The van der Waals surface area contributed by atoms with Crippen LogP contribution in [0.25, 0.3) is 10.8 Å². The lowest BCUT2D eigenvalue weighted by Crippen LogP contribution is -2.36. The minimum absolute atomic E-state index is 0.105. The van der Waals surface area contributed by atoms with Crippen molar-refractivity contribution >= 4 is 28.3 Å². The van der Waals surface area contributed by atoms with Gasteiger partial charge in [0, 0.05) is 18.1 Å². The number of aromatic nitrogens is 2. The predicted octanol–water partition coefficient (Wildman–Crippen LogP) is 2.56. The first-order valence-electron chi connectivity index (χ1n) is 8.88. The molecule has 0 saturated heterocycles. The predicted molar refractivity (Wildman–Crippen MR) is 109 cm³/mol. The number of amides is 2. The number of benzene rings is 2. The highest BCUT2D eigenvalue weighted by Gasteiger charge is 2.20. The van der Waals surface area contributed by atoms with E-state index in [2.05, 4.69) is 15.5 Å². The fourth-order valence-corrected chi connectivity index (χ4v) is 3.30. The molecule has 0 saturated carbocycles. The smallest absolute Gasteiger partial charge is 0.275 e. The summed E-state index contributed by atoms with van der Waals surface area (Å²) in [6.45, 7) is 5.72. The fraction of sp³-hybridized carbons (Fsp3) is 0.238. The van der Waals surface area contributed by atoms with Crippen molar-refractivity contribution in [3.05, 3.63) is 69.1 Å². The third kappa shape index (κ3) is 3.78. The molecule has 3 aromatic rings. The summed E-state index contributed by atoms with van der Waals surface area (Å²) < 4.78 is 0. The number of aromatic amines is 1. The van der Waals surface area contributed by atoms with Gasteiger partial charge in [0.15, 0.2) is 5.69 Å². The number of anilines is 1. The SMILES string of the molecule is Cc1cc(C)c(NC(=O)CN(C)C(=O)c2n[nH]c(=O)c3ccccc23)c(C)c1. The lowest BCUT2D eigenvalue weighted by atomic mass is 10.1. The molecule has 28 heavy (non-hydrogen) atoms. The van der Waals surface area contributed by atoms with Crippen LogP contribution in [0.4, 0.5) is 5.69 Å². The van der Waals surface area contributed by atoms with Crippen molar-refractivity contribution in [1.82, 2.24) is 15.1 Å². The number of rotatable bonds is 4. The van der Waals surface area contributed by atoms with E-state index in [4.69, 9.17) is 0 Å². The number of hydrogen-bond donors (Lipinski definition) is 2. The molecule has 7 nitrogen and oxygen atoms in total. The highest BCUT2D eigenvalue weighted by molar-refractivity contribution is 6.06. The minimum Gasteiger partial charge on any atom is -0.331 e. The largest absolute Gasteiger partial charge is 0.331 e. The molecule has 0 radical (unpaired) electrons. The van der Waals surface area contributed by atoms with Gasteiger partial charge in [0.05, 0.1) is 11.9 Å². The van der Waals surface area contributed by atoms with Crippen molar-refractivity contribution < 1.29 is 9.59 Å². The van der Waals surface area contributed by atoms with E-state index in [0.717, 1.165) is 22.4 Å². The van der Waals surface area contributed by atoms with E-state index in [1.807, 2.05) is 32.9 Å². The average Bonchev–Trinajstić information content (AvgIpc) is 2.64. The van der Waals surface area contributed by atoms with E-state index in [0.29, 0.717) is 10.8 Å². The number of hydrogen-bond acceptors (Lipinski definition) is 4. The van der Waals surface area contributed by atoms with Crippen molar-refractivity contribution in [1.29, 1.82) is 0 Å². The normalized spacial score (nSPS) is 10.7. The second-order valence-electron chi connectivity index (χ2n) is 6.93. The maximum absolute atomic E-state index is 12.8. The Morgan fingerprint density at radius 1 is 1.07 bits per heavy atom. The first-order valence-corrected chi connectivity index (χ1v) is 8.88. The monoisotopic (exact) mass is 378 g/mol. The summed E-state index contributed by atoms with van der Waals surface area (Å²) in [5.74, 6) is -0.750. The molecule has 0 aliphatic rings. The van der Waals surface area contributed by atoms with E-state index in [-0.39, 0.29) is 23.7 Å². The molecule has 1 heterocycles.